The van der Waals surface area contributed by atoms with Crippen LogP contribution >= 0.6 is 0 Å². The zero-order valence-electron chi connectivity index (χ0n) is 11.7. The molecule has 1 fully saturated rings. The van der Waals surface area contributed by atoms with E-state index < -0.39 is 0 Å². The second-order valence-corrected chi connectivity index (χ2v) is 6.72. The van der Waals surface area contributed by atoms with Gasteiger partial charge >= 0.3 is 0 Å². The highest BCUT2D eigenvalue weighted by Gasteiger charge is 2.27. The standard InChI is InChI=1S/C14H30N2/c1-13(2,3)16-11-7-10-15-12-14(4)8-5-6-9-14/h15-16H,5-12H2,1-4H3. The molecule has 2 heteroatoms. The fraction of sp³-hybridized carbons (Fsp3) is 1.00. The minimum Gasteiger partial charge on any atom is -0.316 e. The predicted octanol–water partition coefficient (Wildman–Crippen LogP) is 2.93. The molecule has 16 heavy (non-hydrogen) atoms. The molecule has 0 amide bonds. The van der Waals surface area contributed by atoms with E-state index in [1.165, 1.54) is 38.6 Å². The Morgan fingerprint density at radius 2 is 1.69 bits per heavy atom. The van der Waals surface area contributed by atoms with Gasteiger partial charge in [0.1, 0.15) is 0 Å². The van der Waals surface area contributed by atoms with Gasteiger partial charge in [0.25, 0.3) is 0 Å². The van der Waals surface area contributed by atoms with Gasteiger partial charge in [-0.3, -0.25) is 0 Å². The van der Waals surface area contributed by atoms with Gasteiger partial charge in [0.2, 0.25) is 0 Å². The summed E-state index contributed by atoms with van der Waals surface area (Å²) in [6.07, 6.45) is 6.93. The van der Waals surface area contributed by atoms with Crippen molar-refractivity contribution in [2.24, 2.45) is 5.41 Å². The van der Waals surface area contributed by atoms with E-state index in [1.54, 1.807) is 0 Å². The first kappa shape index (κ1) is 14.0. The molecular weight excluding hydrogens is 196 g/mol. The van der Waals surface area contributed by atoms with Crippen LogP contribution in [0.5, 0.6) is 0 Å². The van der Waals surface area contributed by atoms with Gasteiger partial charge in [-0.1, -0.05) is 19.8 Å². The van der Waals surface area contributed by atoms with Crippen LogP contribution in [-0.4, -0.2) is 25.2 Å². The van der Waals surface area contributed by atoms with Crippen molar-refractivity contribution in [2.45, 2.75) is 65.3 Å². The van der Waals surface area contributed by atoms with E-state index in [-0.39, 0.29) is 5.54 Å². The smallest absolute Gasteiger partial charge is 0.00965 e. The molecule has 2 N–H and O–H groups in total. The van der Waals surface area contributed by atoms with Crippen molar-refractivity contribution in [1.29, 1.82) is 0 Å². The summed E-state index contributed by atoms with van der Waals surface area (Å²) in [6, 6.07) is 0. The first-order chi connectivity index (χ1) is 7.41. The molecular formula is C14H30N2. The lowest BCUT2D eigenvalue weighted by molar-refractivity contribution is 0.313. The van der Waals surface area contributed by atoms with Gasteiger partial charge in [0.15, 0.2) is 0 Å². The lowest BCUT2D eigenvalue weighted by atomic mass is 9.89. The Labute approximate surface area is 102 Å². The minimum absolute atomic E-state index is 0.261. The summed E-state index contributed by atoms with van der Waals surface area (Å²) in [5, 5.41) is 7.13. The maximum Gasteiger partial charge on any atom is 0.00965 e. The molecule has 0 aromatic rings. The topological polar surface area (TPSA) is 24.1 Å². The zero-order chi connectivity index (χ0) is 12.1. The average molecular weight is 226 g/mol. The normalized spacial score (nSPS) is 20.2. The lowest BCUT2D eigenvalue weighted by Gasteiger charge is -2.24. The van der Waals surface area contributed by atoms with Gasteiger partial charge in [-0.15, -0.1) is 0 Å². The molecule has 0 heterocycles. The van der Waals surface area contributed by atoms with E-state index in [2.05, 4.69) is 38.3 Å². The molecule has 0 atom stereocenters. The maximum atomic E-state index is 3.61. The Morgan fingerprint density at radius 1 is 1.06 bits per heavy atom. The molecule has 2 nitrogen and oxygen atoms in total. The molecule has 0 saturated heterocycles. The molecule has 0 radical (unpaired) electrons. The van der Waals surface area contributed by atoms with Gasteiger partial charge < -0.3 is 10.6 Å². The first-order valence-electron chi connectivity index (χ1n) is 6.87. The molecule has 1 rings (SSSR count). The number of hydrogen-bond donors (Lipinski definition) is 2. The molecule has 1 aliphatic rings. The predicted molar refractivity (Wildman–Crippen MR) is 71.8 cm³/mol. The lowest BCUT2D eigenvalue weighted by Crippen LogP contribution is -2.38. The van der Waals surface area contributed by atoms with Gasteiger partial charge in [-0.2, -0.15) is 0 Å². The zero-order valence-corrected chi connectivity index (χ0v) is 11.7. The van der Waals surface area contributed by atoms with Crippen molar-refractivity contribution < 1.29 is 0 Å². The van der Waals surface area contributed by atoms with Crippen LogP contribution in [0.1, 0.15) is 59.8 Å². The highest BCUT2D eigenvalue weighted by molar-refractivity contribution is 4.82. The molecule has 0 aliphatic heterocycles. The summed E-state index contributed by atoms with van der Waals surface area (Å²) in [4.78, 5) is 0. The van der Waals surface area contributed by atoms with Crippen LogP contribution in [0.2, 0.25) is 0 Å². The number of hydrogen-bond acceptors (Lipinski definition) is 2. The SMILES string of the molecule is CC1(CNCCCNC(C)(C)C)CCCC1. The van der Waals surface area contributed by atoms with Crippen molar-refractivity contribution in [2.75, 3.05) is 19.6 Å². The summed E-state index contributed by atoms with van der Waals surface area (Å²) in [6.45, 7) is 12.6. The summed E-state index contributed by atoms with van der Waals surface area (Å²) in [7, 11) is 0. The van der Waals surface area contributed by atoms with Crippen molar-refractivity contribution in [3.05, 3.63) is 0 Å². The fourth-order valence-electron chi connectivity index (χ4n) is 2.47. The Kier molecular flexibility index (Phi) is 5.26. The van der Waals surface area contributed by atoms with E-state index in [0.29, 0.717) is 5.41 Å². The highest BCUT2D eigenvalue weighted by Crippen LogP contribution is 2.36. The van der Waals surface area contributed by atoms with Crippen LogP contribution in [0.25, 0.3) is 0 Å². The molecule has 96 valence electrons. The molecule has 1 aliphatic carbocycles. The molecule has 0 bridgehead atoms. The Bertz CT molecular complexity index is 187. The highest BCUT2D eigenvalue weighted by atomic mass is 14.9. The van der Waals surface area contributed by atoms with Crippen LogP contribution in [0.4, 0.5) is 0 Å². The molecule has 0 unspecified atom stereocenters. The average Bonchev–Trinajstić information content (AvgIpc) is 2.57. The maximum absolute atomic E-state index is 3.61. The van der Waals surface area contributed by atoms with E-state index in [1.807, 2.05) is 0 Å². The quantitative estimate of drug-likeness (QED) is 0.681. The van der Waals surface area contributed by atoms with Gasteiger partial charge in [0.05, 0.1) is 0 Å². The molecule has 1 saturated carbocycles. The van der Waals surface area contributed by atoms with Gasteiger partial charge in [0, 0.05) is 12.1 Å². The molecule has 0 aromatic heterocycles. The van der Waals surface area contributed by atoms with E-state index in [9.17, 15) is 0 Å². The minimum atomic E-state index is 0.261. The number of rotatable bonds is 6. The van der Waals surface area contributed by atoms with Crippen LogP contribution in [0.15, 0.2) is 0 Å². The summed E-state index contributed by atoms with van der Waals surface area (Å²) in [5.41, 5.74) is 0.856. The Hall–Kier alpha value is -0.0800. The number of nitrogens with one attached hydrogen (secondary N) is 2. The largest absolute Gasteiger partial charge is 0.316 e. The van der Waals surface area contributed by atoms with Crippen LogP contribution in [0.3, 0.4) is 0 Å². The van der Waals surface area contributed by atoms with Crippen molar-refractivity contribution in [3.63, 3.8) is 0 Å². The van der Waals surface area contributed by atoms with Crippen molar-refractivity contribution >= 4 is 0 Å². The van der Waals surface area contributed by atoms with Crippen molar-refractivity contribution in [1.82, 2.24) is 10.6 Å². The summed E-state index contributed by atoms with van der Waals surface area (Å²) < 4.78 is 0. The second kappa shape index (κ2) is 6.02. The van der Waals surface area contributed by atoms with Crippen LogP contribution < -0.4 is 10.6 Å². The molecule has 0 aromatic carbocycles. The second-order valence-electron chi connectivity index (χ2n) is 6.72. The Morgan fingerprint density at radius 3 is 2.25 bits per heavy atom. The Balaban J connectivity index is 1.96. The first-order valence-corrected chi connectivity index (χ1v) is 6.87. The monoisotopic (exact) mass is 226 g/mol. The molecule has 0 spiro atoms. The van der Waals surface area contributed by atoms with Gasteiger partial charge in [-0.25, -0.2) is 0 Å². The van der Waals surface area contributed by atoms with E-state index in [0.717, 1.165) is 13.1 Å². The van der Waals surface area contributed by atoms with Crippen LogP contribution in [-0.2, 0) is 0 Å². The van der Waals surface area contributed by atoms with E-state index in [4.69, 9.17) is 0 Å². The summed E-state index contributed by atoms with van der Waals surface area (Å²) in [5.74, 6) is 0. The third kappa shape index (κ3) is 5.86. The third-order valence-corrected chi connectivity index (χ3v) is 3.55. The van der Waals surface area contributed by atoms with Crippen molar-refractivity contribution in [3.8, 4) is 0 Å². The van der Waals surface area contributed by atoms with E-state index >= 15 is 0 Å². The fourth-order valence-corrected chi connectivity index (χ4v) is 2.47. The third-order valence-electron chi connectivity index (χ3n) is 3.55. The van der Waals surface area contributed by atoms with Crippen LogP contribution in [0, 0.1) is 5.41 Å². The van der Waals surface area contributed by atoms with Gasteiger partial charge in [-0.05, 0) is 58.5 Å². The summed E-state index contributed by atoms with van der Waals surface area (Å²) >= 11 is 0.